The Kier molecular flexibility index (Phi) is 5.48. The van der Waals surface area contributed by atoms with Crippen LogP contribution in [0, 0.1) is 0 Å². The number of allylic oxidation sites excluding steroid dienone is 1. The van der Waals surface area contributed by atoms with Crippen LogP contribution >= 0.6 is 11.3 Å². The first-order chi connectivity index (χ1) is 15.7. The first-order valence-electron chi connectivity index (χ1n) is 10.6. The molecule has 0 unspecified atom stereocenters. The number of hydrogen-bond acceptors (Lipinski definition) is 7. The highest BCUT2D eigenvalue weighted by Gasteiger charge is 2.26. The molecule has 4 heterocycles. The number of carbonyl (C=O) groups is 1. The van der Waals surface area contributed by atoms with Crippen LogP contribution in [0.3, 0.4) is 0 Å². The fraction of sp³-hybridized carbons (Fsp3) is 0.304. The molecular weight excluding hydrogens is 426 g/mol. The third-order valence-electron chi connectivity index (χ3n) is 5.76. The van der Waals surface area contributed by atoms with Gasteiger partial charge < -0.3 is 19.5 Å². The van der Waals surface area contributed by atoms with Crippen molar-refractivity contribution < 1.29 is 9.53 Å². The van der Waals surface area contributed by atoms with Gasteiger partial charge in [0, 0.05) is 37.8 Å². The van der Waals surface area contributed by atoms with E-state index in [4.69, 9.17) is 4.74 Å². The van der Waals surface area contributed by atoms with Crippen molar-refractivity contribution in [1.82, 2.24) is 14.9 Å². The van der Waals surface area contributed by atoms with Gasteiger partial charge in [0.05, 0.1) is 18.4 Å². The number of nitrogens with one attached hydrogen (secondary N) is 1. The number of aromatic nitrogens is 2. The second-order valence-corrected chi connectivity index (χ2v) is 8.55. The quantitative estimate of drug-likeness (QED) is 0.661. The molecule has 2 aliphatic heterocycles. The predicted octanol–water partition coefficient (Wildman–Crippen LogP) is 3.16. The molecule has 0 saturated carbocycles. The number of thiophene rings is 1. The van der Waals surface area contributed by atoms with E-state index in [9.17, 15) is 9.59 Å². The maximum atomic E-state index is 13.3. The van der Waals surface area contributed by atoms with Crippen molar-refractivity contribution in [2.75, 3.05) is 38.2 Å². The molecule has 1 aromatic carbocycles. The maximum Gasteiger partial charge on any atom is 0.269 e. The summed E-state index contributed by atoms with van der Waals surface area (Å²) in [5.74, 6) is 1.14. The standard InChI is InChI=1S/C23H23N5O3S/c1-31-18-8-3-2-7-17(18)27-10-12-28(13-11-27)23(30)15-14-32-20-19(15)25-21(26-22(20)29)16-6-4-5-9-24-16/h2-3,6-9,14H,4-5,10-13H2,1H3,(H,25,26,29). The van der Waals surface area contributed by atoms with Gasteiger partial charge in [-0.1, -0.05) is 18.2 Å². The van der Waals surface area contributed by atoms with Crippen molar-refractivity contribution in [3.63, 3.8) is 0 Å². The summed E-state index contributed by atoms with van der Waals surface area (Å²) in [6.07, 6.45) is 5.50. The Morgan fingerprint density at radius 3 is 2.72 bits per heavy atom. The highest BCUT2D eigenvalue weighted by molar-refractivity contribution is 7.17. The third-order valence-corrected chi connectivity index (χ3v) is 6.72. The summed E-state index contributed by atoms with van der Waals surface area (Å²) in [6.45, 7) is 2.57. The van der Waals surface area contributed by atoms with E-state index in [1.807, 2.05) is 41.5 Å². The second kappa shape index (κ2) is 8.58. The number of aromatic amines is 1. The van der Waals surface area contributed by atoms with E-state index in [1.165, 1.54) is 11.3 Å². The monoisotopic (exact) mass is 449 g/mol. The van der Waals surface area contributed by atoms with Gasteiger partial charge in [0.2, 0.25) is 0 Å². The van der Waals surface area contributed by atoms with Crippen LogP contribution in [0.25, 0.3) is 15.9 Å². The van der Waals surface area contributed by atoms with E-state index in [-0.39, 0.29) is 11.5 Å². The van der Waals surface area contributed by atoms with Crippen molar-refractivity contribution in [2.24, 2.45) is 4.99 Å². The highest BCUT2D eigenvalue weighted by Crippen LogP contribution is 2.29. The Hall–Kier alpha value is -3.46. The van der Waals surface area contributed by atoms with Gasteiger partial charge in [-0.05, 0) is 25.0 Å². The van der Waals surface area contributed by atoms with Crippen LogP contribution in [0.15, 0.2) is 45.5 Å². The van der Waals surface area contributed by atoms with Gasteiger partial charge in [-0.15, -0.1) is 11.3 Å². The number of amides is 1. The zero-order valence-corrected chi connectivity index (χ0v) is 18.5. The summed E-state index contributed by atoms with van der Waals surface area (Å²) in [6, 6.07) is 7.90. The van der Waals surface area contributed by atoms with E-state index in [1.54, 1.807) is 12.5 Å². The average Bonchev–Trinajstić information content (AvgIpc) is 3.29. The molecule has 1 N–H and O–H groups in total. The molecule has 0 radical (unpaired) electrons. The predicted molar refractivity (Wildman–Crippen MR) is 127 cm³/mol. The minimum atomic E-state index is -0.239. The smallest absolute Gasteiger partial charge is 0.269 e. The van der Waals surface area contributed by atoms with Gasteiger partial charge in [-0.2, -0.15) is 0 Å². The molecule has 2 aromatic heterocycles. The molecule has 164 valence electrons. The SMILES string of the molecule is COc1ccccc1N1CCN(C(=O)c2csc3c(=O)[nH]c(C4=CCCC=N4)nc23)CC1. The highest BCUT2D eigenvalue weighted by atomic mass is 32.1. The van der Waals surface area contributed by atoms with E-state index in [0.717, 1.165) is 24.3 Å². The van der Waals surface area contributed by atoms with Gasteiger partial charge in [0.1, 0.15) is 21.7 Å². The first-order valence-corrected chi connectivity index (χ1v) is 11.5. The Labute approximate surface area is 188 Å². The lowest BCUT2D eigenvalue weighted by molar-refractivity contribution is 0.0749. The van der Waals surface area contributed by atoms with Gasteiger partial charge in [0.25, 0.3) is 11.5 Å². The lowest BCUT2D eigenvalue weighted by Gasteiger charge is -2.36. The number of rotatable bonds is 4. The Morgan fingerprint density at radius 2 is 1.97 bits per heavy atom. The molecule has 3 aromatic rings. The molecule has 5 rings (SSSR count). The Bertz CT molecular complexity index is 1280. The molecule has 1 saturated heterocycles. The van der Waals surface area contributed by atoms with Crippen LogP contribution in [0.5, 0.6) is 5.75 Å². The summed E-state index contributed by atoms with van der Waals surface area (Å²) < 4.78 is 5.94. The molecular formula is C23H23N5O3S. The van der Waals surface area contributed by atoms with Crippen molar-refractivity contribution in [3.05, 3.63) is 57.5 Å². The maximum absolute atomic E-state index is 13.3. The lowest BCUT2D eigenvalue weighted by atomic mass is 10.2. The number of para-hydroxylation sites is 2. The zero-order valence-electron chi connectivity index (χ0n) is 17.7. The van der Waals surface area contributed by atoms with Gasteiger partial charge >= 0.3 is 0 Å². The van der Waals surface area contributed by atoms with Crippen LogP contribution in [-0.4, -0.2) is 60.3 Å². The zero-order chi connectivity index (χ0) is 22.1. The van der Waals surface area contributed by atoms with Crippen LogP contribution in [0.2, 0.25) is 0 Å². The fourth-order valence-corrected chi connectivity index (χ4v) is 4.95. The number of H-pyrrole nitrogens is 1. The van der Waals surface area contributed by atoms with Gasteiger partial charge in [-0.25, -0.2) is 4.98 Å². The van der Waals surface area contributed by atoms with E-state index < -0.39 is 0 Å². The molecule has 0 spiro atoms. The molecule has 2 aliphatic rings. The minimum absolute atomic E-state index is 0.0962. The number of fused-ring (bicyclic) bond motifs is 1. The normalized spacial score (nSPS) is 16.3. The summed E-state index contributed by atoms with van der Waals surface area (Å²) in [5, 5.41) is 1.74. The van der Waals surface area contributed by atoms with Crippen molar-refractivity contribution in [1.29, 1.82) is 0 Å². The third kappa shape index (κ3) is 3.69. The minimum Gasteiger partial charge on any atom is -0.495 e. The molecule has 0 aliphatic carbocycles. The molecule has 9 heteroatoms. The number of methoxy groups -OCH3 is 1. The second-order valence-electron chi connectivity index (χ2n) is 7.67. The van der Waals surface area contributed by atoms with Crippen LogP contribution in [0.1, 0.15) is 29.0 Å². The molecule has 8 nitrogen and oxygen atoms in total. The molecule has 1 amide bonds. The number of anilines is 1. The average molecular weight is 450 g/mol. The number of aliphatic imine (C=N–C) groups is 1. The summed E-state index contributed by atoms with van der Waals surface area (Å²) in [5.41, 5.74) is 2.36. The number of hydrogen-bond donors (Lipinski definition) is 1. The van der Waals surface area contributed by atoms with E-state index in [2.05, 4.69) is 19.9 Å². The van der Waals surface area contributed by atoms with Crippen LogP contribution in [-0.2, 0) is 0 Å². The summed E-state index contributed by atoms with van der Waals surface area (Å²) in [7, 11) is 1.66. The molecule has 0 atom stereocenters. The number of nitrogens with zero attached hydrogens (tertiary/aromatic N) is 4. The topological polar surface area (TPSA) is 90.9 Å². The lowest BCUT2D eigenvalue weighted by Crippen LogP contribution is -2.48. The number of piperazine rings is 1. The number of carbonyl (C=O) groups excluding carboxylic acids is 1. The summed E-state index contributed by atoms with van der Waals surface area (Å²) >= 11 is 1.25. The Morgan fingerprint density at radius 1 is 1.16 bits per heavy atom. The largest absolute Gasteiger partial charge is 0.495 e. The van der Waals surface area contributed by atoms with Gasteiger partial charge in [-0.3, -0.25) is 14.6 Å². The summed E-state index contributed by atoms with van der Waals surface area (Å²) in [4.78, 5) is 41.8. The molecule has 0 bridgehead atoms. The van der Waals surface area contributed by atoms with Crippen LogP contribution < -0.4 is 15.2 Å². The number of ether oxygens (including phenoxy) is 1. The van der Waals surface area contributed by atoms with Crippen molar-refractivity contribution >= 4 is 45.1 Å². The first kappa shape index (κ1) is 20.4. The van der Waals surface area contributed by atoms with E-state index >= 15 is 0 Å². The van der Waals surface area contributed by atoms with Crippen molar-refractivity contribution in [2.45, 2.75) is 12.8 Å². The Balaban J connectivity index is 1.38. The molecule has 32 heavy (non-hydrogen) atoms. The fourth-order valence-electron chi connectivity index (χ4n) is 4.08. The number of benzene rings is 1. The van der Waals surface area contributed by atoms with Gasteiger partial charge in [0.15, 0.2) is 5.82 Å². The van der Waals surface area contributed by atoms with Crippen molar-refractivity contribution in [3.8, 4) is 5.75 Å². The molecule has 1 fully saturated rings. The van der Waals surface area contributed by atoms with Crippen LogP contribution in [0.4, 0.5) is 5.69 Å². The van der Waals surface area contributed by atoms with E-state index in [0.29, 0.717) is 53.5 Å².